The third-order valence-electron chi connectivity index (χ3n) is 6.89. The van der Waals surface area contributed by atoms with Gasteiger partial charge in [0.25, 0.3) is 0 Å². The highest BCUT2D eigenvalue weighted by molar-refractivity contribution is 6.01. The predicted molar refractivity (Wildman–Crippen MR) is 152 cm³/mol. The third kappa shape index (κ3) is 5.77. The van der Waals surface area contributed by atoms with Crippen molar-refractivity contribution < 1.29 is 23.8 Å². The molecule has 2 atom stereocenters. The van der Waals surface area contributed by atoms with Crippen LogP contribution >= 0.6 is 0 Å². The minimum absolute atomic E-state index is 0.0492. The van der Waals surface area contributed by atoms with E-state index in [1.165, 1.54) is 6.92 Å². The van der Waals surface area contributed by atoms with Gasteiger partial charge in [0.05, 0.1) is 30.1 Å². The van der Waals surface area contributed by atoms with E-state index < -0.39 is 12.0 Å². The Labute approximate surface area is 229 Å². The SMILES string of the molecule is CCOc1cc(C2Nc3ccccc3NC3=C2C(=O)CC(c2ccc(OC(C)C)cc2)C3)ccc1OC(C)=O. The minimum atomic E-state index is -0.420. The van der Waals surface area contributed by atoms with E-state index in [2.05, 4.69) is 22.8 Å². The van der Waals surface area contributed by atoms with Crippen molar-refractivity contribution in [2.75, 3.05) is 17.2 Å². The van der Waals surface area contributed by atoms with E-state index in [-0.39, 0.29) is 17.8 Å². The number of carbonyl (C=O) groups excluding carboxylic acids is 2. The van der Waals surface area contributed by atoms with Crippen molar-refractivity contribution in [3.05, 3.63) is 89.1 Å². The number of allylic oxidation sites excluding steroid dienone is 1. The van der Waals surface area contributed by atoms with Crippen molar-refractivity contribution in [1.29, 1.82) is 0 Å². The van der Waals surface area contributed by atoms with Gasteiger partial charge in [0.15, 0.2) is 17.3 Å². The molecule has 1 aliphatic heterocycles. The number of ether oxygens (including phenoxy) is 3. The first-order valence-electron chi connectivity index (χ1n) is 13.4. The van der Waals surface area contributed by atoms with E-state index in [4.69, 9.17) is 14.2 Å². The molecule has 202 valence electrons. The molecule has 39 heavy (non-hydrogen) atoms. The summed E-state index contributed by atoms with van der Waals surface area (Å²) in [5.41, 5.74) is 5.40. The first-order valence-corrected chi connectivity index (χ1v) is 13.4. The summed E-state index contributed by atoms with van der Waals surface area (Å²) in [4.78, 5) is 25.5. The van der Waals surface area contributed by atoms with Crippen LogP contribution < -0.4 is 24.8 Å². The van der Waals surface area contributed by atoms with Crippen LogP contribution in [-0.2, 0) is 9.59 Å². The number of carbonyl (C=O) groups is 2. The molecule has 1 aliphatic carbocycles. The smallest absolute Gasteiger partial charge is 0.308 e. The Balaban J connectivity index is 1.54. The molecule has 2 N–H and O–H groups in total. The first kappa shape index (κ1) is 26.4. The van der Waals surface area contributed by atoms with Crippen LogP contribution in [0.1, 0.15) is 63.6 Å². The zero-order valence-corrected chi connectivity index (χ0v) is 22.7. The zero-order chi connectivity index (χ0) is 27.5. The Hall–Kier alpha value is -4.26. The monoisotopic (exact) mass is 526 g/mol. The largest absolute Gasteiger partial charge is 0.491 e. The summed E-state index contributed by atoms with van der Waals surface area (Å²) in [5, 5.41) is 7.17. The molecule has 1 heterocycles. The highest BCUT2D eigenvalue weighted by Crippen LogP contribution is 2.45. The van der Waals surface area contributed by atoms with Gasteiger partial charge < -0.3 is 24.8 Å². The van der Waals surface area contributed by atoms with Gasteiger partial charge in [-0.05, 0) is 80.6 Å². The van der Waals surface area contributed by atoms with E-state index in [0.717, 1.165) is 33.9 Å². The van der Waals surface area contributed by atoms with Gasteiger partial charge in [-0.15, -0.1) is 0 Å². The third-order valence-corrected chi connectivity index (χ3v) is 6.89. The maximum Gasteiger partial charge on any atom is 0.308 e. The van der Waals surface area contributed by atoms with E-state index in [0.29, 0.717) is 36.5 Å². The first-order chi connectivity index (χ1) is 18.8. The van der Waals surface area contributed by atoms with E-state index in [1.54, 1.807) is 6.07 Å². The van der Waals surface area contributed by atoms with Gasteiger partial charge in [0, 0.05) is 24.6 Å². The van der Waals surface area contributed by atoms with Crippen LogP contribution in [-0.4, -0.2) is 24.5 Å². The van der Waals surface area contributed by atoms with Crippen LogP contribution in [0.2, 0.25) is 0 Å². The molecule has 3 aromatic rings. The lowest BCUT2D eigenvalue weighted by Gasteiger charge is -2.30. The molecule has 0 saturated carbocycles. The molecule has 7 nitrogen and oxygen atoms in total. The average molecular weight is 527 g/mol. The molecule has 2 unspecified atom stereocenters. The molecular formula is C32H34N2O5. The Kier molecular flexibility index (Phi) is 7.59. The van der Waals surface area contributed by atoms with Gasteiger partial charge in [-0.3, -0.25) is 9.59 Å². The number of anilines is 2. The summed E-state index contributed by atoms with van der Waals surface area (Å²) >= 11 is 0. The Bertz CT molecular complexity index is 1410. The summed E-state index contributed by atoms with van der Waals surface area (Å²) in [5.74, 6) is 1.36. The van der Waals surface area contributed by atoms with Crippen LogP contribution in [0.15, 0.2) is 78.0 Å². The molecule has 0 radical (unpaired) electrons. The van der Waals surface area contributed by atoms with Crippen molar-refractivity contribution in [2.45, 2.75) is 58.6 Å². The fourth-order valence-electron chi connectivity index (χ4n) is 5.28. The van der Waals surface area contributed by atoms with Crippen LogP contribution in [0.4, 0.5) is 11.4 Å². The van der Waals surface area contributed by atoms with Gasteiger partial charge in [0.2, 0.25) is 0 Å². The Morgan fingerprint density at radius 1 is 0.949 bits per heavy atom. The lowest BCUT2D eigenvalue weighted by molar-refractivity contribution is -0.132. The molecular weight excluding hydrogens is 492 g/mol. The van der Waals surface area contributed by atoms with Crippen molar-refractivity contribution >= 4 is 23.1 Å². The number of hydrogen-bond acceptors (Lipinski definition) is 7. The number of ketones is 1. The molecule has 5 rings (SSSR count). The average Bonchev–Trinajstić information content (AvgIpc) is 3.06. The number of hydrogen-bond donors (Lipinski definition) is 2. The number of Topliss-reactive ketones (excluding diaryl/α,β-unsaturated/α-hetero) is 1. The summed E-state index contributed by atoms with van der Waals surface area (Å²) in [6.07, 6.45) is 1.20. The van der Waals surface area contributed by atoms with Crippen molar-refractivity contribution in [1.82, 2.24) is 0 Å². The number of fused-ring (bicyclic) bond motifs is 1. The number of benzene rings is 3. The second kappa shape index (κ2) is 11.2. The van der Waals surface area contributed by atoms with Gasteiger partial charge in [0.1, 0.15) is 5.75 Å². The fourth-order valence-corrected chi connectivity index (χ4v) is 5.28. The normalized spacial score (nSPS) is 18.3. The molecule has 0 bridgehead atoms. The summed E-state index contributed by atoms with van der Waals surface area (Å²) < 4.78 is 17.0. The molecule has 0 fully saturated rings. The van der Waals surface area contributed by atoms with Crippen LogP contribution in [0.25, 0.3) is 0 Å². The number of esters is 1. The number of para-hydroxylation sites is 2. The molecule has 7 heteroatoms. The molecule has 0 saturated heterocycles. The highest BCUT2D eigenvalue weighted by atomic mass is 16.6. The van der Waals surface area contributed by atoms with Crippen molar-refractivity contribution in [2.24, 2.45) is 0 Å². The lowest BCUT2D eigenvalue weighted by atomic mass is 9.78. The summed E-state index contributed by atoms with van der Waals surface area (Å²) in [7, 11) is 0. The van der Waals surface area contributed by atoms with Crippen LogP contribution in [0.5, 0.6) is 17.2 Å². The predicted octanol–water partition coefficient (Wildman–Crippen LogP) is 6.78. The standard InChI is InChI=1S/C32H34N2O5/c1-5-37-30-18-22(12-15-29(30)39-20(4)35)32-31-27(33-25-8-6-7-9-26(25)34-32)16-23(17-28(31)36)21-10-13-24(14-11-21)38-19(2)3/h6-15,18-19,23,32-34H,5,16-17H2,1-4H3. The highest BCUT2D eigenvalue weighted by Gasteiger charge is 2.36. The van der Waals surface area contributed by atoms with Crippen LogP contribution in [0.3, 0.4) is 0 Å². The Morgan fingerprint density at radius 2 is 1.67 bits per heavy atom. The number of nitrogens with one attached hydrogen (secondary N) is 2. The molecule has 0 aromatic heterocycles. The summed E-state index contributed by atoms with van der Waals surface area (Å²) in [6.45, 7) is 7.65. The van der Waals surface area contributed by atoms with Crippen molar-refractivity contribution in [3.63, 3.8) is 0 Å². The van der Waals surface area contributed by atoms with Gasteiger partial charge in [-0.25, -0.2) is 0 Å². The lowest BCUT2D eigenvalue weighted by Crippen LogP contribution is -2.27. The second-order valence-electron chi connectivity index (χ2n) is 10.1. The molecule has 2 aliphatic rings. The van der Waals surface area contributed by atoms with Gasteiger partial charge in [-0.2, -0.15) is 0 Å². The van der Waals surface area contributed by atoms with E-state index >= 15 is 0 Å². The Morgan fingerprint density at radius 3 is 2.36 bits per heavy atom. The van der Waals surface area contributed by atoms with Crippen LogP contribution in [0, 0.1) is 0 Å². The second-order valence-corrected chi connectivity index (χ2v) is 10.1. The topological polar surface area (TPSA) is 85.9 Å². The van der Waals surface area contributed by atoms with E-state index in [1.807, 2.05) is 69.3 Å². The quantitative estimate of drug-likeness (QED) is 0.259. The van der Waals surface area contributed by atoms with Gasteiger partial charge in [-0.1, -0.05) is 30.3 Å². The number of rotatable bonds is 7. The van der Waals surface area contributed by atoms with E-state index in [9.17, 15) is 9.59 Å². The molecule has 3 aromatic carbocycles. The molecule has 0 spiro atoms. The molecule has 0 amide bonds. The summed E-state index contributed by atoms with van der Waals surface area (Å²) in [6, 6.07) is 21.1. The maximum atomic E-state index is 13.9. The zero-order valence-electron chi connectivity index (χ0n) is 22.7. The minimum Gasteiger partial charge on any atom is -0.491 e. The fraction of sp³-hybridized carbons (Fsp3) is 0.312. The maximum absolute atomic E-state index is 13.9. The van der Waals surface area contributed by atoms with Gasteiger partial charge >= 0.3 is 5.97 Å². The van der Waals surface area contributed by atoms with Crippen molar-refractivity contribution in [3.8, 4) is 17.2 Å².